The summed E-state index contributed by atoms with van der Waals surface area (Å²) in [6.07, 6.45) is -0.774. The van der Waals surface area contributed by atoms with Gasteiger partial charge in [0, 0.05) is 0 Å². The maximum absolute atomic E-state index is 11.5. The van der Waals surface area contributed by atoms with Crippen molar-refractivity contribution in [1.29, 1.82) is 0 Å². The van der Waals surface area contributed by atoms with E-state index in [-0.39, 0.29) is 11.9 Å². The van der Waals surface area contributed by atoms with Gasteiger partial charge in [-0.2, -0.15) is 11.3 Å². The number of hydrogen-bond acceptors (Lipinski definition) is 4. The van der Waals surface area contributed by atoms with Gasteiger partial charge in [-0.3, -0.25) is 4.79 Å². The molecule has 1 rings (SSSR count). The van der Waals surface area contributed by atoms with Crippen LogP contribution in [0.1, 0.15) is 25.5 Å². The van der Waals surface area contributed by atoms with Crippen molar-refractivity contribution in [2.75, 3.05) is 7.11 Å². The smallest absolute Gasteiger partial charge is 0.311 e. The molecule has 1 heterocycles. The predicted octanol–water partition coefficient (Wildman–Crippen LogP) is 2.23. The number of aliphatic hydroxyl groups is 1. The summed E-state index contributed by atoms with van der Waals surface area (Å²) >= 11 is 1.50. The molecule has 0 aromatic carbocycles. The molecule has 0 saturated heterocycles. The predicted molar refractivity (Wildman–Crippen MR) is 59.6 cm³/mol. The topological polar surface area (TPSA) is 46.5 Å². The molecule has 0 spiro atoms. The summed E-state index contributed by atoms with van der Waals surface area (Å²) in [6, 6.07) is 1.83. The first-order valence-corrected chi connectivity index (χ1v) is 5.80. The molecule has 0 bridgehead atoms. The lowest BCUT2D eigenvalue weighted by Crippen LogP contribution is -2.28. The van der Waals surface area contributed by atoms with Crippen LogP contribution in [0.3, 0.4) is 0 Å². The first kappa shape index (κ1) is 12.2. The molecule has 0 fully saturated rings. The Labute approximate surface area is 93.7 Å². The van der Waals surface area contributed by atoms with Crippen LogP contribution in [0.4, 0.5) is 0 Å². The third-order valence-corrected chi connectivity index (χ3v) is 3.12. The van der Waals surface area contributed by atoms with E-state index in [9.17, 15) is 9.90 Å². The SMILES string of the molecule is COC(=O)C(C(C)C)C(O)c1ccsc1. The van der Waals surface area contributed by atoms with Crippen LogP contribution >= 0.6 is 11.3 Å². The summed E-state index contributed by atoms with van der Waals surface area (Å²) in [5.74, 6) is -0.805. The van der Waals surface area contributed by atoms with Crippen LogP contribution in [0.2, 0.25) is 0 Å². The van der Waals surface area contributed by atoms with Crippen LogP contribution < -0.4 is 0 Å². The van der Waals surface area contributed by atoms with Crippen LogP contribution in [0.25, 0.3) is 0 Å². The fourth-order valence-corrected chi connectivity index (χ4v) is 2.24. The van der Waals surface area contributed by atoms with Gasteiger partial charge in [-0.15, -0.1) is 0 Å². The number of carbonyl (C=O) groups excluding carboxylic acids is 1. The maximum Gasteiger partial charge on any atom is 0.311 e. The van der Waals surface area contributed by atoms with Gasteiger partial charge in [-0.05, 0) is 28.3 Å². The van der Waals surface area contributed by atoms with Crippen molar-refractivity contribution in [2.24, 2.45) is 11.8 Å². The van der Waals surface area contributed by atoms with Gasteiger partial charge in [-0.1, -0.05) is 13.8 Å². The number of hydrogen-bond donors (Lipinski definition) is 1. The minimum atomic E-state index is -0.774. The average molecular weight is 228 g/mol. The zero-order valence-corrected chi connectivity index (χ0v) is 9.95. The molecule has 1 aromatic rings. The highest BCUT2D eigenvalue weighted by molar-refractivity contribution is 7.07. The third-order valence-electron chi connectivity index (χ3n) is 2.42. The van der Waals surface area contributed by atoms with Crippen LogP contribution in [0.15, 0.2) is 16.8 Å². The molecule has 1 N–H and O–H groups in total. The van der Waals surface area contributed by atoms with Crippen molar-refractivity contribution in [3.8, 4) is 0 Å². The molecule has 0 saturated carbocycles. The van der Waals surface area contributed by atoms with Crippen LogP contribution in [-0.2, 0) is 9.53 Å². The van der Waals surface area contributed by atoms with E-state index >= 15 is 0 Å². The van der Waals surface area contributed by atoms with Gasteiger partial charge in [0.25, 0.3) is 0 Å². The molecule has 4 heteroatoms. The molecule has 15 heavy (non-hydrogen) atoms. The minimum Gasteiger partial charge on any atom is -0.469 e. The van der Waals surface area contributed by atoms with Gasteiger partial charge in [-0.25, -0.2) is 0 Å². The summed E-state index contributed by atoms with van der Waals surface area (Å²) in [4.78, 5) is 11.5. The fraction of sp³-hybridized carbons (Fsp3) is 0.545. The second-order valence-electron chi connectivity index (χ2n) is 3.79. The van der Waals surface area contributed by atoms with Gasteiger partial charge in [0.15, 0.2) is 0 Å². The Kier molecular flexibility index (Phi) is 4.29. The monoisotopic (exact) mass is 228 g/mol. The van der Waals surface area contributed by atoms with Crippen LogP contribution in [0.5, 0.6) is 0 Å². The number of aliphatic hydroxyl groups excluding tert-OH is 1. The zero-order chi connectivity index (χ0) is 11.4. The van der Waals surface area contributed by atoms with E-state index in [1.165, 1.54) is 18.4 Å². The Morgan fingerprint density at radius 3 is 2.60 bits per heavy atom. The molecule has 0 aliphatic rings. The van der Waals surface area contributed by atoms with Crippen molar-refractivity contribution in [2.45, 2.75) is 20.0 Å². The molecule has 0 amide bonds. The van der Waals surface area contributed by atoms with Crippen LogP contribution in [-0.4, -0.2) is 18.2 Å². The van der Waals surface area contributed by atoms with E-state index in [4.69, 9.17) is 4.74 Å². The van der Waals surface area contributed by atoms with Crippen molar-refractivity contribution >= 4 is 17.3 Å². The number of thiophene rings is 1. The molecule has 1 aromatic heterocycles. The minimum absolute atomic E-state index is 0.0485. The van der Waals surface area contributed by atoms with Gasteiger partial charge < -0.3 is 9.84 Å². The molecular formula is C11H16O3S. The van der Waals surface area contributed by atoms with Crippen molar-refractivity contribution in [3.63, 3.8) is 0 Å². The van der Waals surface area contributed by atoms with E-state index in [0.29, 0.717) is 0 Å². The first-order valence-electron chi connectivity index (χ1n) is 4.86. The van der Waals surface area contributed by atoms with Gasteiger partial charge >= 0.3 is 5.97 Å². The maximum atomic E-state index is 11.5. The van der Waals surface area contributed by atoms with E-state index in [0.717, 1.165) is 5.56 Å². The molecule has 0 radical (unpaired) electrons. The number of esters is 1. The fourth-order valence-electron chi connectivity index (χ4n) is 1.55. The second kappa shape index (κ2) is 5.28. The van der Waals surface area contributed by atoms with Gasteiger partial charge in [0.1, 0.15) is 0 Å². The Balaban J connectivity index is 2.85. The lowest BCUT2D eigenvalue weighted by molar-refractivity contribution is -0.151. The number of carbonyl (C=O) groups is 1. The molecular weight excluding hydrogens is 212 g/mol. The summed E-state index contributed by atoms with van der Waals surface area (Å²) in [7, 11) is 1.35. The quantitative estimate of drug-likeness (QED) is 0.804. The standard InChI is InChI=1S/C11H16O3S/c1-7(2)9(11(13)14-3)10(12)8-4-5-15-6-8/h4-7,9-10,12H,1-3H3. The first-order chi connectivity index (χ1) is 7.07. The molecule has 0 aliphatic heterocycles. The van der Waals surface area contributed by atoms with Crippen LogP contribution in [0, 0.1) is 11.8 Å². The largest absolute Gasteiger partial charge is 0.469 e. The summed E-state index contributed by atoms with van der Waals surface area (Å²) in [6.45, 7) is 3.80. The highest BCUT2D eigenvalue weighted by Gasteiger charge is 2.31. The Bertz CT molecular complexity index is 306. The van der Waals surface area contributed by atoms with E-state index in [1.54, 1.807) is 0 Å². The van der Waals surface area contributed by atoms with Gasteiger partial charge in [0.2, 0.25) is 0 Å². The normalized spacial score (nSPS) is 15.0. The number of methoxy groups -OCH3 is 1. The van der Waals surface area contributed by atoms with Crippen molar-refractivity contribution in [1.82, 2.24) is 0 Å². The lowest BCUT2D eigenvalue weighted by Gasteiger charge is -2.23. The van der Waals surface area contributed by atoms with E-state index in [1.807, 2.05) is 30.7 Å². The second-order valence-corrected chi connectivity index (χ2v) is 4.57. The highest BCUT2D eigenvalue weighted by atomic mass is 32.1. The summed E-state index contributed by atoms with van der Waals surface area (Å²) in [5.41, 5.74) is 0.782. The number of rotatable bonds is 4. The van der Waals surface area contributed by atoms with E-state index in [2.05, 4.69) is 0 Å². The Morgan fingerprint density at radius 2 is 2.20 bits per heavy atom. The van der Waals surface area contributed by atoms with Crippen molar-refractivity contribution in [3.05, 3.63) is 22.4 Å². The van der Waals surface area contributed by atoms with Crippen molar-refractivity contribution < 1.29 is 14.6 Å². The van der Waals surface area contributed by atoms with Gasteiger partial charge in [0.05, 0.1) is 19.1 Å². The average Bonchev–Trinajstić information content (AvgIpc) is 2.69. The molecule has 84 valence electrons. The molecule has 3 nitrogen and oxygen atoms in total. The highest BCUT2D eigenvalue weighted by Crippen LogP contribution is 2.30. The lowest BCUT2D eigenvalue weighted by atomic mass is 9.87. The Hall–Kier alpha value is -0.870. The summed E-state index contributed by atoms with van der Waals surface area (Å²) < 4.78 is 4.70. The summed E-state index contributed by atoms with van der Waals surface area (Å²) in [5, 5.41) is 13.8. The molecule has 0 aliphatic carbocycles. The number of ether oxygens (including phenoxy) is 1. The molecule has 2 unspecified atom stereocenters. The molecule has 2 atom stereocenters. The zero-order valence-electron chi connectivity index (χ0n) is 9.14. The van der Waals surface area contributed by atoms with E-state index < -0.39 is 12.0 Å². The Morgan fingerprint density at radius 1 is 1.53 bits per heavy atom. The third kappa shape index (κ3) is 2.79.